The Kier molecular flexibility index (Phi) is 6.31. The van der Waals surface area contributed by atoms with Crippen molar-refractivity contribution in [3.05, 3.63) is 0 Å². The molecule has 0 bridgehead atoms. The molecule has 0 spiro atoms. The standard InChI is InChI=1S/C9H16F3NO2/c1-7(13-6-8(14)15-2)4-3-5-9(10,11)12/h7,13H,3-6H2,1-2H3. The van der Waals surface area contributed by atoms with Gasteiger partial charge in [0.05, 0.1) is 13.7 Å². The fourth-order valence-electron chi connectivity index (χ4n) is 1.04. The number of hydrogen-bond acceptors (Lipinski definition) is 3. The summed E-state index contributed by atoms with van der Waals surface area (Å²) in [5.41, 5.74) is 0. The number of hydrogen-bond donors (Lipinski definition) is 1. The van der Waals surface area contributed by atoms with Crippen LogP contribution in [-0.2, 0) is 9.53 Å². The van der Waals surface area contributed by atoms with E-state index in [0.717, 1.165) is 0 Å². The quantitative estimate of drug-likeness (QED) is 0.704. The highest BCUT2D eigenvalue weighted by Crippen LogP contribution is 2.22. The first-order chi connectivity index (χ1) is 6.85. The lowest BCUT2D eigenvalue weighted by Crippen LogP contribution is -2.32. The normalized spacial score (nSPS) is 13.7. The highest BCUT2D eigenvalue weighted by atomic mass is 19.4. The lowest BCUT2D eigenvalue weighted by atomic mass is 10.1. The molecule has 0 rings (SSSR count). The van der Waals surface area contributed by atoms with Crippen molar-refractivity contribution in [3.8, 4) is 0 Å². The lowest BCUT2D eigenvalue weighted by Gasteiger charge is -2.13. The first kappa shape index (κ1) is 14.2. The summed E-state index contributed by atoms with van der Waals surface area (Å²) in [6, 6.07) is -0.119. The van der Waals surface area contributed by atoms with Gasteiger partial charge in [-0.1, -0.05) is 0 Å². The van der Waals surface area contributed by atoms with Gasteiger partial charge in [0.15, 0.2) is 0 Å². The zero-order valence-corrected chi connectivity index (χ0v) is 8.86. The minimum Gasteiger partial charge on any atom is -0.468 e. The van der Waals surface area contributed by atoms with Crippen LogP contribution < -0.4 is 5.32 Å². The van der Waals surface area contributed by atoms with Gasteiger partial charge in [-0.2, -0.15) is 13.2 Å². The number of esters is 1. The summed E-state index contributed by atoms with van der Waals surface area (Å²) in [6.07, 6.45) is -4.42. The summed E-state index contributed by atoms with van der Waals surface area (Å²) < 4.78 is 39.7. The fraction of sp³-hybridized carbons (Fsp3) is 0.889. The third kappa shape index (κ3) is 9.52. The summed E-state index contributed by atoms with van der Waals surface area (Å²) in [6.45, 7) is 1.77. The van der Waals surface area contributed by atoms with E-state index in [2.05, 4.69) is 10.1 Å². The largest absolute Gasteiger partial charge is 0.468 e. The number of carbonyl (C=O) groups is 1. The van der Waals surface area contributed by atoms with Crippen LogP contribution in [0.4, 0.5) is 13.2 Å². The molecule has 0 amide bonds. The number of carbonyl (C=O) groups excluding carboxylic acids is 1. The van der Waals surface area contributed by atoms with Gasteiger partial charge in [-0.25, -0.2) is 0 Å². The first-order valence-electron chi connectivity index (χ1n) is 4.72. The highest BCUT2D eigenvalue weighted by molar-refractivity contribution is 5.71. The van der Waals surface area contributed by atoms with Crippen LogP contribution in [0.3, 0.4) is 0 Å². The van der Waals surface area contributed by atoms with Gasteiger partial charge in [0.25, 0.3) is 0 Å². The second-order valence-corrected chi connectivity index (χ2v) is 3.37. The maximum absolute atomic E-state index is 11.8. The molecular formula is C9H16F3NO2. The zero-order chi connectivity index (χ0) is 11.9. The van der Waals surface area contributed by atoms with Gasteiger partial charge in [-0.05, 0) is 19.8 Å². The number of rotatable bonds is 6. The lowest BCUT2D eigenvalue weighted by molar-refractivity contribution is -0.140. The van der Waals surface area contributed by atoms with E-state index in [-0.39, 0.29) is 19.0 Å². The molecule has 1 N–H and O–H groups in total. The van der Waals surface area contributed by atoms with Crippen molar-refractivity contribution in [2.24, 2.45) is 0 Å². The van der Waals surface area contributed by atoms with Gasteiger partial charge in [-0.3, -0.25) is 4.79 Å². The molecule has 0 radical (unpaired) electrons. The number of halogens is 3. The minimum atomic E-state index is -4.10. The molecule has 0 fully saturated rings. The van der Waals surface area contributed by atoms with Gasteiger partial charge < -0.3 is 10.1 Å². The molecular weight excluding hydrogens is 211 g/mol. The van der Waals surface area contributed by atoms with Crippen LogP contribution in [0.25, 0.3) is 0 Å². The second kappa shape index (κ2) is 6.66. The van der Waals surface area contributed by atoms with E-state index in [9.17, 15) is 18.0 Å². The van der Waals surface area contributed by atoms with E-state index < -0.39 is 18.6 Å². The van der Waals surface area contributed by atoms with E-state index in [0.29, 0.717) is 6.42 Å². The average molecular weight is 227 g/mol. The predicted octanol–water partition coefficient (Wildman–Crippen LogP) is 1.87. The molecule has 90 valence electrons. The molecule has 0 saturated heterocycles. The van der Waals surface area contributed by atoms with Crippen LogP contribution in [0.5, 0.6) is 0 Å². The zero-order valence-electron chi connectivity index (χ0n) is 8.86. The van der Waals surface area contributed by atoms with Gasteiger partial charge in [0.2, 0.25) is 0 Å². The van der Waals surface area contributed by atoms with Crippen molar-refractivity contribution < 1.29 is 22.7 Å². The van der Waals surface area contributed by atoms with Crippen LogP contribution >= 0.6 is 0 Å². The molecule has 0 aliphatic rings. The third-order valence-corrected chi connectivity index (χ3v) is 1.92. The van der Waals surface area contributed by atoms with Crippen molar-refractivity contribution >= 4 is 5.97 Å². The Morgan fingerprint density at radius 1 is 1.47 bits per heavy atom. The summed E-state index contributed by atoms with van der Waals surface area (Å²) >= 11 is 0. The molecule has 6 heteroatoms. The maximum atomic E-state index is 11.8. The van der Waals surface area contributed by atoms with Gasteiger partial charge in [-0.15, -0.1) is 0 Å². The molecule has 0 heterocycles. The van der Waals surface area contributed by atoms with Crippen LogP contribution in [-0.4, -0.2) is 31.8 Å². The molecule has 1 atom stereocenters. The Bertz CT molecular complexity index is 194. The molecule has 0 aromatic rings. The summed E-state index contributed by atoms with van der Waals surface area (Å²) in [4.78, 5) is 10.7. The van der Waals surface area contributed by atoms with E-state index in [1.807, 2.05) is 0 Å². The summed E-state index contributed by atoms with van der Waals surface area (Å²) in [5, 5.41) is 2.78. The Labute approximate surface area is 87.0 Å². The highest BCUT2D eigenvalue weighted by Gasteiger charge is 2.26. The van der Waals surface area contributed by atoms with Crippen LogP contribution in [0.2, 0.25) is 0 Å². The minimum absolute atomic E-state index is 0.0314. The number of methoxy groups -OCH3 is 1. The summed E-state index contributed by atoms with van der Waals surface area (Å²) in [5.74, 6) is -0.419. The van der Waals surface area contributed by atoms with Crippen LogP contribution in [0.1, 0.15) is 26.2 Å². The fourth-order valence-corrected chi connectivity index (χ4v) is 1.04. The number of ether oxygens (including phenoxy) is 1. The van der Waals surface area contributed by atoms with E-state index in [4.69, 9.17) is 0 Å². The number of nitrogens with one attached hydrogen (secondary N) is 1. The summed E-state index contributed by atoms with van der Waals surface area (Å²) in [7, 11) is 1.26. The predicted molar refractivity (Wildman–Crippen MR) is 49.4 cm³/mol. The molecule has 0 saturated carbocycles. The van der Waals surface area contributed by atoms with Crippen molar-refractivity contribution in [1.82, 2.24) is 5.32 Å². The van der Waals surface area contributed by atoms with E-state index in [1.165, 1.54) is 7.11 Å². The second-order valence-electron chi connectivity index (χ2n) is 3.37. The third-order valence-electron chi connectivity index (χ3n) is 1.92. The van der Waals surface area contributed by atoms with Gasteiger partial charge in [0.1, 0.15) is 0 Å². The molecule has 3 nitrogen and oxygen atoms in total. The molecule has 0 aliphatic carbocycles. The van der Waals surface area contributed by atoms with Gasteiger partial charge >= 0.3 is 12.1 Å². The average Bonchev–Trinajstić information content (AvgIpc) is 2.12. The molecule has 0 aliphatic heterocycles. The van der Waals surface area contributed by atoms with Crippen molar-refractivity contribution in [1.29, 1.82) is 0 Å². The monoisotopic (exact) mass is 227 g/mol. The molecule has 15 heavy (non-hydrogen) atoms. The Morgan fingerprint density at radius 3 is 2.53 bits per heavy atom. The smallest absolute Gasteiger partial charge is 0.389 e. The van der Waals surface area contributed by atoms with Crippen LogP contribution in [0.15, 0.2) is 0 Å². The van der Waals surface area contributed by atoms with Crippen molar-refractivity contribution in [2.45, 2.75) is 38.4 Å². The Hall–Kier alpha value is -0.780. The van der Waals surface area contributed by atoms with Crippen molar-refractivity contribution in [3.63, 3.8) is 0 Å². The van der Waals surface area contributed by atoms with Crippen molar-refractivity contribution in [2.75, 3.05) is 13.7 Å². The Balaban J connectivity index is 3.49. The molecule has 1 unspecified atom stereocenters. The maximum Gasteiger partial charge on any atom is 0.389 e. The van der Waals surface area contributed by atoms with Crippen LogP contribution in [0, 0.1) is 0 Å². The molecule has 0 aromatic carbocycles. The van der Waals surface area contributed by atoms with Gasteiger partial charge in [0, 0.05) is 12.5 Å². The van der Waals surface area contributed by atoms with E-state index >= 15 is 0 Å². The SMILES string of the molecule is COC(=O)CNC(C)CCCC(F)(F)F. The Morgan fingerprint density at radius 2 is 2.07 bits per heavy atom. The first-order valence-corrected chi connectivity index (χ1v) is 4.72. The van der Waals surface area contributed by atoms with E-state index in [1.54, 1.807) is 6.92 Å². The molecule has 0 aromatic heterocycles. The number of alkyl halides is 3. The topological polar surface area (TPSA) is 38.3 Å².